The maximum absolute atomic E-state index is 12.9. The third-order valence-corrected chi connectivity index (χ3v) is 2.69. The van der Waals surface area contributed by atoms with Crippen molar-refractivity contribution in [2.24, 2.45) is 4.99 Å². The fourth-order valence-corrected chi connectivity index (χ4v) is 1.89. The summed E-state index contributed by atoms with van der Waals surface area (Å²) in [6, 6.07) is 2.44. The number of likely N-dealkylation sites (N-methyl/N-ethyl adjacent to an activating group) is 1. The standard InChI is InChI=1S/C13H16F3N3O3/c1-12(2,20)11(18(3)4)17-8-5-6-10(19(21)22)9(7-8)13(14,15)16/h5-7,20H,1-4H3. The molecule has 9 heteroatoms. The Labute approximate surface area is 125 Å². The molecule has 0 aliphatic heterocycles. The van der Waals surface area contributed by atoms with Crippen LogP contribution in [0.3, 0.4) is 0 Å². The Balaban J connectivity index is 3.48. The van der Waals surface area contributed by atoms with E-state index >= 15 is 0 Å². The molecule has 0 bridgehead atoms. The van der Waals surface area contributed by atoms with Crippen molar-refractivity contribution in [1.82, 2.24) is 4.90 Å². The number of nitro benzene ring substituents is 1. The normalized spacial score (nSPS) is 13.2. The molecule has 0 atom stereocenters. The van der Waals surface area contributed by atoms with Crippen molar-refractivity contribution in [1.29, 1.82) is 0 Å². The van der Waals surface area contributed by atoms with Crippen LogP contribution in [0.2, 0.25) is 0 Å². The minimum absolute atomic E-state index is 0.120. The monoisotopic (exact) mass is 319 g/mol. The minimum atomic E-state index is -4.87. The number of nitro groups is 1. The molecule has 22 heavy (non-hydrogen) atoms. The van der Waals surface area contributed by atoms with E-state index in [0.29, 0.717) is 6.07 Å². The van der Waals surface area contributed by atoms with Crippen molar-refractivity contribution >= 4 is 17.2 Å². The molecule has 0 saturated heterocycles. The summed E-state index contributed by atoms with van der Waals surface area (Å²) in [6.45, 7) is 2.86. The SMILES string of the molecule is CN(C)C(=Nc1ccc([N+](=O)[O-])c(C(F)(F)F)c1)C(C)(C)O. The van der Waals surface area contributed by atoms with Gasteiger partial charge in [0.25, 0.3) is 5.69 Å². The summed E-state index contributed by atoms with van der Waals surface area (Å²) in [5.41, 5.74) is -3.94. The predicted molar refractivity (Wildman–Crippen MR) is 75.2 cm³/mol. The van der Waals surface area contributed by atoms with Crippen molar-refractivity contribution in [3.63, 3.8) is 0 Å². The van der Waals surface area contributed by atoms with Crippen molar-refractivity contribution in [2.45, 2.75) is 25.6 Å². The Morgan fingerprint density at radius 2 is 1.86 bits per heavy atom. The first-order valence-corrected chi connectivity index (χ1v) is 6.18. The lowest BCUT2D eigenvalue weighted by Gasteiger charge is -2.26. The molecule has 6 nitrogen and oxygen atoms in total. The number of hydrogen-bond donors (Lipinski definition) is 1. The molecule has 1 rings (SSSR count). The van der Waals surface area contributed by atoms with E-state index in [9.17, 15) is 28.4 Å². The number of hydrogen-bond acceptors (Lipinski definition) is 4. The zero-order valence-corrected chi connectivity index (χ0v) is 12.5. The van der Waals surface area contributed by atoms with Crippen LogP contribution in [0.5, 0.6) is 0 Å². The van der Waals surface area contributed by atoms with Gasteiger partial charge in [-0.3, -0.25) is 10.1 Å². The second kappa shape index (κ2) is 5.91. The van der Waals surface area contributed by atoms with Gasteiger partial charge in [0.1, 0.15) is 17.0 Å². The van der Waals surface area contributed by atoms with Crippen molar-refractivity contribution in [2.75, 3.05) is 14.1 Å². The van der Waals surface area contributed by atoms with Crippen LogP contribution in [0.4, 0.5) is 24.5 Å². The first kappa shape index (κ1) is 17.9. The molecule has 122 valence electrons. The second-order valence-electron chi connectivity index (χ2n) is 5.35. The van der Waals surface area contributed by atoms with Gasteiger partial charge >= 0.3 is 6.18 Å². The molecule has 0 fully saturated rings. The average Bonchev–Trinajstić information content (AvgIpc) is 2.32. The first-order valence-electron chi connectivity index (χ1n) is 6.18. The predicted octanol–water partition coefficient (Wildman–Crippen LogP) is 2.98. The molecule has 0 aliphatic carbocycles. The number of nitrogens with zero attached hydrogens (tertiary/aromatic N) is 3. The number of rotatable bonds is 3. The lowest BCUT2D eigenvalue weighted by atomic mass is 10.1. The maximum Gasteiger partial charge on any atom is 0.423 e. The van der Waals surface area contributed by atoms with Gasteiger partial charge in [0.2, 0.25) is 0 Å². The second-order valence-corrected chi connectivity index (χ2v) is 5.35. The minimum Gasteiger partial charge on any atom is -0.383 e. The number of halogens is 3. The maximum atomic E-state index is 12.9. The lowest BCUT2D eigenvalue weighted by Crippen LogP contribution is -2.41. The molecule has 0 unspecified atom stereocenters. The smallest absolute Gasteiger partial charge is 0.383 e. The highest BCUT2D eigenvalue weighted by Gasteiger charge is 2.38. The van der Waals surface area contributed by atoms with Crippen molar-refractivity contribution < 1.29 is 23.2 Å². The lowest BCUT2D eigenvalue weighted by molar-refractivity contribution is -0.388. The van der Waals surface area contributed by atoms with Gasteiger partial charge in [-0.2, -0.15) is 13.2 Å². The van der Waals surface area contributed by atoms with E-state index in [1.807, 2.05) is 0 Å². The molecular weight excluding hydrogens is 303 g/mol. The van der Waals surface area contributed by atoms with Gasteiger partial charge in [0, 0.05) is 20.2 Å². The third kappa shape index (κ3) is 4.17. The molecule has 1 N–H and O–H groups in total. The quantitative estimate of drug-likeness (QED) is 0.402. The van der Waals surface area contributed by atoms with Gasteiger partial charge in [0.05, 0.1) is 10.6 Å². The number of aliphatic hydroxyl groups is 1. The fraction of sp³-hybridized carbons (Fsp3) is 0.462. The molecule has 1 aromatic rings. The summed E-state index contributed by atoms with van der Waals surface area (Å²) in [5.74, 6) is 0.120. The molecule has 1 aromatic carbocycles. The highest BCUT2D eigenvalue weighted by molar-refractivity contribution is 5.91. The van der Waals surface area contributed by atoms with Crippen LogP contribution in [0.25, 0.3) is 0 Å². The highest BCUT2D eigenvalue weighted by Crippen LogP contribution is 2.38. The Morgan fingerprint density at radius 1 is 1.32 bits per heavy atom. The van der Waals surface area contributed by atoms with E-state index in [1.165, 1.54) is 18.7 Å². The molecule has 0 spiro atoms. The fourth-order valence-electron chi connectivity index (χ4n) is 1.89. The van der Waals surface area contributed by atoms with Gasteiger partial charge in [-0.25, -0.2) is 4.99 Å². The van der Waals surface area contributed by atoms with Crippen LogP contribution in [-0.2, 0) is 6.18 Å². The molecule has 0 aromatic heterocycles. The van der Waals surface area contributed by atoms with E-state index in [1.54, 1.807) is 14.1 Å². The van der Waals surface area contributed by atoms with Crippen LogP contribution >= 0.6 is 0 Å². The number of benzene rings is 1. The summed E-state index contributed by atoms with van der Waals surface area (Å²) in [7, 11) is 3.15. The highest BCUT2D eigenvalue weighted by atomic mass is 19.4. The number of amidine groups is 1. The van der Waals surface area contributed by atoms with Crippen LogP contribution in [-0.4, -0.2) is 40.5 Å². The molecule has 0 amide bonds. The van der Waals surface area contributed by atoms with Crippen LogP contribution < -0.4 is 0 Å². The molecular formula is C13H16F3N3O3. The summed E-state index contributed by atoms with van der Waals surface area (Å²) in [4.78, 5) is 15.0. The van der Waals surface area contributed by atoms with Crippen LogP contribution in [0, 0.1) is 10.1 Å². The average molecular weight is 319 g/mol. The van der Waals surface area contributed by atoms with E-state index in [2.05, 4.69) is 4.99 Å². The van der Waals surface area contributed by atoms with Crippen molar-refractivity contribution in [3.8, 4) is 0 Å². The van der Waals surface area contributed by atoms with E-state index in [4.69, 9.17) is 0 Å². The summed E-state index contributed by atoms with van der Waals surface area (Å²) in [5, 5.41) is 20.7. The largest absolute Gasteiger partial charge is 0.423 e. The van der Waals surface area contributed by atoms with E-state index in [-0.39, 0.29) is 11.5 Å². The Kier molecular flexibility index (Phi) is 4.81. The van der Waals surface area contributed by atoms with Gasteiger partial charge < -0.3 is 10.0 Å². The van der Waals surface area contributed by atoms with Gasteiger partial charge in [-0.1, -0.05) is 0 Å². The van der Waals surface area contributed by atoms with Gasteiger partial charge in [-0.15, -0.1) is 0 Å². The topological polar surface area (TPSA) is 79.0 Å². The number of aliphatic imine (C=N–C) groups is 1. The first-order chi connectivity index (χ1) is 9.84. The summed E-state index contributed by atoms with van der Waals surface area (Å²) >= 11 is 0. The van der Waals surface area contributed by atoms with Crippen LogP contribution in [0.15, 0.2) is 23.2 Å². The van der Waals surface area contributed by atoms with E-state index in [0.717, 1.165) is 12.1 Å². The van der Waals surface area contributed by atoms with Gasteiger partial charge in [-0.05, 0) is 26.0 Å². The Morgan fingerprint density at radius 3 is 2.23 bits per heavy atom. The Bertz CT molecular complexity index is 605. The summed E-state index contributed by atoms with van der Waals surface area (Å²) < 4.78 is 38.7. The molecule has 0 radical (unpaired) electrons. The van der Waals surface area contributed by atoms with Gasteiger partial charge in [0.15, 0.2) is 0 Å². The molecule has 0 saturated carbocycles. The molecule has 0 aliphatic rings. The summed E-state index contributed by atoms with van der Waals surface area (Å²) in [6.07, 6.45) is -4.87. The zero-order valence-electron chi connectivity index (χ0n) is 12.5. The van der Waals surface area contributed by atoms with Crippen LogP contribution in [0.1, 0.15) is 19.4 Å². The molecule has 0 heterocycles. The third-order valence-electron chi connectivity index (χ3n) is 2.69. The van der Waals surface area contributed by atoms with Crippen molar-refractivity contribution in [3.05, 3.63) is 33.9 Å². The zero-order chi connectivity index (χ0) is 17.3. The number of alkyl halides is 3. The Hall–Kier alpha value is -2.16. The van der Waals surface area contributed by atoms with E-state index < -0.39 is 28.0 Å².